The van der Waals surface area contributed by atoms with Gasteiger partial charge in [0.25, 0.3) is 5.56 Å². The third kappa shape index (κ3) is 2.24. The van der Waals surface area contributed by atoms with Crippen LogP contribution in [0.4, 0.5) is 0 Å². The molecule has 0 fully saturated rings. The van der Waals surface area contributed by atoms with E-state index in [2.05, 4.69) is 10.3 Å². The Labute approximate surface area is 131 Å². The fraction of sp³-hybridized carbons (Fsp3) is 0.500. The smallest absolute Gasteiger partial charge is 0.264 e. The minimum absolute atomic E-state index is 0.149. The van der Waals surface area contributed by atoms with Crippen LogP contribution < -0.4 is 10.9 Å². The Kier molecular flexibility index (Phi) is 3.71. The zero-order valence-corrected chi connectivity index (χ0v) is 13.6. The van der Waals surface area contributed by atoms with Gasteiger partial charge in [-0.15, -0.1) is 11.3 Å². The number of nitrogens with zero attached hydrogens (tertiary/aromatic N) is 1. The molecule has 5 nitrogen and oxygen atoms in total. The predicted molar refractivity (Wildman–Crippen MR) is 86.7 cm³/mol. The lowest BCUT2D eigenvalue weighted by molar-refractivity contribution is -0.123. The summed E-state index contributed by atoms with van der Waals surface area (Å²) in [5, 5.41) is 3.29. The van der Waals surface area contributed by atoms with Gasteiger partial charge >= 0.3 is 0 Å². The lowest BCUT2D eigenvalue weighted by Gasteiger charge is -2.14. The molecule has 2 N–H and O–H groups in total. The summed E-state index contributed by atoms with van der Waals surface area (Å²) in [7, 11) is 1.56. The van der Waals surface area contributed by atoms with Crippen LogP contribution in [-0.2, 0) is 17.6 Å². The van der Waals surface area contributed by atoms with Crippen molar-refractivity contribution in [2.24, 2.45) is 0 Å². The number of likely N-dealkylation sites (N-methyl/N-ethyl adjacent to an activating group) is 1. The number of thiophene rings is 1. The van der Waals surface area contributed by atoms with Crippen LogP contribution in [0.5, 0.6) is 0 Å². The quantitative estimate of drug-likeness (QED) is 0.834. The van der Waals surface area contributed by atoms with E-state index in [4.69, 9.17) is 12.2 Å². The highest BCUT2D eigenvalue weighted by atomic mass is 32.1. The van der Waals surface area contributed by atoms with Crippen LogP contribution in [0.2, 0.25) is 0 Å². The number of nitrogens with one attached hydrogen (secondary N) is 2. The summed E-state index contributed by atoms with van der Waals surface area (Å²) >= 11 is 6.91. The largest absolute Gasteiger partial charge is 0.357 e. The Morgan fingerprint density at radius 2 is 2.14 bits per heavy atom. The molecule has 1 amide bonds. The summed E-state index contributed by atoms with van der Waals surface area (Å²) in [6, 6.07) is -0.616. The van der Waals surface area contributed by atoms with Gasteiger partial charge in [-0.2, -0.15) is 0 Å². The molecule has 1 unspecified atom stereocenters. The molecular formula is C14H17N3O2S2. The molecule has 2 heterocycles. The van der Waals surface area contributed by atoms with Gasteiger partial charge in [0.2, 0.25) is 5.91 Å². The fourth-order valence-corrected chi connectivity index (χ4v) is 4.62. The Morgan fingerprint density at radius 1 is 1.43 bits per heavy atom. The molecule has 7 heteroatoms. The van der Waals surface area contributed by atoms with E-state index in [0.29, 0.717) is 4.77 Å². The first kappa shape index (κ1) is 14.5. The van der Waals surface area contributed by atoms with Gasteiger partial charge in [0.05, 0.1) is 5.39 Å². The number of carbonyl (C=O) groups excluding carboxylic acids is 1. The lowest BCUT2D eigenvalue weighted by Crippen LogP contribution is -2.35. The normalized spacial score (nSPS) is 15.7. The van der Waals surface area contributed by atoms with Crippen LogP contribution in [0, 0.1) is 4.77 Å². The average molecular weight is 323 g/mol. The van der Waals surface area contributed by atoms with Crippen LogP contribution in [0.3, 0.4) is 0 Å². The van der Waals surface area contributed by atoms with Gasteiger partial charge in [-0.05, 0) is 50.4 Å². The minimum Gasteiger partial charge on any atom is -0.357 e. The predicted octanol–water partition coefficient (Wildman–Crippen LogP) is 2.31. The summed E-state index contributed by atoms with van der Waals surface area (Å²) < 4.78 is 1.69. The summed E-state index contributed by atoms with van der Waals surface area (Å²) in [5.74, 6) is -0.222. The van der Waals surface area contributed by atoms with E-state index in [9.17, 15) is 9.59 Å². The standard InChI is InChI=1S/C14H17N3O2S2/c1-7(11(18)15-2)17-13(19)10-8-5-3-4-6-9(8)21-12(10)16-14(17)20/h7H,3-6H2,1-2H3,(H,15,18)(H,16,20). The van der Waals surface area contributed by atoms with Gasteiger partial charge in [-0.25, -0.2) is 0 Å². The summed E-state index contributed by atoms with van der Waals surface area (Å²) in [5.41, 5.74) is 1.000. The van der Waals surface area contributed by atoms with Gasteiger partial charge in [-0.1, -0.05) is 0 Å². The maximum Gasteiger partial charge on any atom is 0.264 e. The van der Waals surface area contributed by atoms with E-state index in [0.717, 1.165) is 35.0 Å². The van der Waals surface area contributed by atoms with Crippen molar-refractivity contribution in [3.8, 4) is 0 Å². The zero-order valence-electron chi connectivity index (χ0n) is 12.0. The first-order valence-electron chi connectivity index (χ1n) is 7.05. The topological polar surface area (TPSA) is 66.9 Å². The van der Waals surface area contributed by atoms with Crippen LogP contribution in [0.25, 0.3) is 10.2 Å². The third-order valence-corrected chi connectivity index (χ3v) is 5.56. The van der Waals surface area contributed by atoms with Crippen molar-refractivity contribution in [3.05, 3.63) is 25.6 Å². The first-order valence-corrected chi connectivity index (χ1v) is 8.27. The van der Waals surface area contributed by atoms with Crippen LogP contribution in [0.15, 0.2) is 4.79 Å². The second-order valence-electron chi connectivity index (χ2n) is 5.31. The van der Waals surface area contributed by atoms with Crippen LogP contribution >= 0.6 is 23.6 Å². The van der Waals surface area contributed by atoms with Crippen molar-refractivity contribution in [1.29, 1.82) is 0 Å². The van der Waals surface area contributed by atoms with Crippen molar-refractivity contribution in [3.63, 3.8) is 0 Å². The summed E-state index contributed by atoms with van der Waals surface area (Å²) in [4.78, 5) is 30.0. The van der Waals surface area contributed by atoms with Crippen molar-refractivity contribution in [2.75, 3.05) is 7.05 Å². The molecule has 0 saturated carbocycles. The number of rotatable bonds is 2. The van der Waals surface area contributed by atoms with Crippen LogP contribution in [0.1, 0.15) is 36.2 Å². The van der Waals surface area contributed by atoms with Gasteiger partial charge in [0.15, 0.2) is 4.77 Å². The van der Waals surface area contributed by atoms with Crippen molar-refractivity contribution in [1.82, 2.24) is 14.9 Å². The van der Waals surface area contributed by atoms with Crippen molar-refractivity contribution in [2.45, 2.75) is 38.6 Å². The minimum atomic E-state index is -0.616. The molecule has 112 valence electrons. The zero-order chi connectivity index (χ0) is 15.1. The van der Waals surface area contributed by atoms with Gasteiger partial charge < -0.3 is 10.3 Å². The van der Waals surface area contributed by atoms with E-state index in [1.165, 1.54) is 15.9 Å². The Bertz CT molecular complexity index is 831. The molecular weight excluding hydrogens is 306 g/mol. The average Bonchev–Trinajstić information content (AvgIpc) is 2.84. The number of hydrogen-bond acceptors (Lipinski definition) is 4. The number of fused-ring (bicyclic) bond motifs is 3. The molecule has 3 rings (SSSR count). The number of H-pyrrole nitrogens is 1. The Hall–Kier alpha value is -1.47. The number of hydrogen-bond donors (Lipinski definition) is 2. The molecule has 1 aliphatic carbocycles. The van der Waals surface area contributed by atoms with E-state index in [-0.39, 0.29) is 11.5 Å². The van der Waals surface area contributed by atoms with Gasteiger partial charge in [-0.3, -0.25) is 14.2 Å². The third-order valence-electron chi connectivity index (χ3n) is 4.06. The Balaban J connectivity index is 2.30. The van der Waals surface area contributed by atoms with Gasteiger partial charge in [0, 0.05) is 11.9 Å². The van der Waals surface area contributed by atoms with E-state index >= 15 is 0 Å². The van der Waals surface area contributed by atoms with Gasteiger partial charge in [0.1, 0.15) is 10.9 Å². The number of aromatic nitrogens is 2. The maximum atomic E-state index is 12.8. The molecule has 1 aliphatic rings. The molecule has 0 saturated heterocycles. The van der Waals surface area contributed by atoms with E-state index in [1.807, 2.05) is 0 Å². The van der Waals surface area contributed by atoms with Crippen molar-refractivity contribution < 1.29 is 4.79 Å². The summed E-state index contributed by atoms with van der Waals surface area (Å²) in [6.45, 7) is 1.69. The molecule has 0 spiro atoms. The molecule has 1 atom stereocenters. The number of amides is 1. The van der Waals surface area contributed by atoms with Crippen molar-refractivity contribution >= 4 is 39.7 Å². The fourth-order valence-electron chi connectivity index (χ4n) is 2.93. The monoisotopic (exact) mass is 323 g/mol. The number of aryl methyl sites for hydroxylation is 2. The number of carbonyl (C=O) groups is 1. The molecule has 2 aromatic rings. The highest BCUT2D eigenvalue weighted by Gasteiger charge is 2.23. The highest BCUT2D eigenvalue weighted by molar-refractivity contribution is 7.71. The molecule has 0 bridgehead atoms. The van der Waals surface area contributed by atoms with E-state index in [1.54, 1.807) is 25.3 Å². The second kappa shape index (κ2) is 5.38. The molecule has 21 heavy (non-hydrogen) atoms. The SMILES string of the molecule is CNC(=O)C(C)n1c(=S)[nH]c2sc3c(c2c1=O)CCCC3. The number of aromatic amines is 1. The molecule has 0 radical (unpaired) electrons. The first-order chi connectivity index (χ1) is 10.0. The lowest BCUT2D eigenvalue weighted by atomic mass is 9.97. The Morgan fingerprint density at radius 3 is 2.86 bits per heavy atom. The highest BCUT2D eigenvalue weighted by Crippen LogP contribution is 2.33. The van der Waals surface area contributed by atoms with E-state index < -0.39 is 6.04 Å². The van der Waals surface area contributed by atoms with Crippen LogP contribution in [-0.4, -0.2) is 22.5 Å². The molecule has 2 aromatic heterocycles. The summed E-state index contributed by atoms with van der Waals surface area (Å²) in [6.07, 6.45) is 4.24. The second-order valence-corrected chi connectivity index (χ2v) is 6.80. The molecule has 0 aromatic carbocycles. The molecule has 0 aliphatic heterocycles. The maximum absolute atomic E-state index is 12.8.